The molecule has 0 aromatic rings. The molecule has 0 bridgehead atoms. The van der Waals surface area contributed by atoms with E-state index in [0.717, 1.165) is 5.03 Å². The molecule has 0 aliphatic carbocycles. The van der Waals surface area contributed by atoms with Crippen molar-refractivity contribution in [3.8, 4) is 0 Å². The van der Waals surface area contributed by atoms with Crippen LogP contribution in [0.3, 0.4) is 0 Å². The summed E-state index contributed by atoms with van der Waals surface area (Å²) < 4.78 is 0. The van der Waals surface area contributed by atoms with Crippen molar-refractivity contribution >= 4 is 17.6 Å². The lowest BCUT2D eigenvalue weighted by molar-refractivity contribution is 0.627. The van der Waals surface area contributed by atoms with Gasteiger partial charge in [0, 0.05) is 19.1 Å². The second kappa shape index (κ2) is 2.07. The quantitative estimate of drug-likeness (QED) is 0.494. The lowest BCUT2D eigenvalue weighted by atomic mass is 10.8. The summed E-state index contributed by atoms with van der Waals surface area (Å²) in [6.07, 6.45) is 1.90. The highest BCUT2D eigenvalue weighted by Crippen LogP contribution is 2.23. The Morgan fingerprint density at radius 2 is 2.62 bits per heavy atom. The van der Waals surface area contributed by atoms with Gasteiger partial charge in [0.2, 0.25) is 0 Å². The molecule has 1 rings (SSSR count). The lowest BCUT2D eigenvalue weighted by Gasteiger charge is -2.04. The first-order valence-corrected chi connectivity index (χ1v) is 3.08. The van der Waals surface area contributed by atoms with Gasteiger partial charge in [-0.05, 0) is 5.41 Å². The summed E-state index contributed by atoms with van der Waals surface area (Å²) in [6, 6.07) is 0. The smallest absolute Gasteiger partial charge is 0.141 e. The molecule has 1 aliphatic rings. The van der Waals surface area contributed by atoms with E-state index >= 15 is 0 Å². The normalized spacial score (nSPS) is 17.1. The minimum absolute atomic E-state index is 0.852. The van der Waals surface area contributed by atoms with E-state index in [1.165, 1.54) is 11.8 Å². The van der Waals surface area contributed by atoms with E-state index in [9.17, 15) is 0 Å². The largest absolute Gasteiger partial charge is 0.337 e. The zero-order valence-electron chi connectivity index (χ0n) is 4.51. The maximum Gasteiger partial charge on any atom is 0.141 e. The van der Waals surface area contributed by atoms with Crippen LogP contribution < -0.4 is 0 Å². The van der Waals surface area contributed by atoms with Crippen LogP contribution >= 0.6 is 11.8 Å². The third kappa shape index (κ3) is 0.782. The van der Waals surface area contributed by atoms with Crippen LogP contribution in [-0.4, -0.2) is 17.8 Å². The molecular formula is C5H6N2S. The first kappa shape index (κ1) is 5.48. The molecule has 3 heteroatoms. The maximum atomic E-state index is 6.74. The number of nitrogens with zero attached hydrogens (tertiary/aromatic N) is 1. The highest BCUT2D eigenvalue weighted by atomic mass is 32.2. The average molecular weight is 126 g/mol. The molecule has 0 spiro atoms. The van der Waals surface area contributed by atoms with Crippen molar-refractivity contribution in [1.82, 2.24) is 4.90 Å². The molecular weight excluding hydrogens is 120 g/mol. The van der Waals surface area contributed by atoms with Crippen LogP contribution in [0.25, 0.3) is 0 Å². The molecule has 0 aromatic carbocycles. The number of hydrogen-bond acceptors (Lipinski definition) is 3. The Morgan fingerprint density at radius 1 is 1.88 bits per heavy atom. The fraction of sp³-hybridized carbons (Fsp3) is 0.200. The van der Waals surface area contributed by atoms with E-state index in [-0.39, 0.29) is 0 Å². The van der Waals surface area contributed by atoms with Crippen LogP contribution in [0.1, 0.15) is 0 Å². The SMILES string of the molecule is CN1C=CSC1=C=N. The number of hydrogen-bond donors (Lipinski definition) is 1. The zero-order chi connectivity index (χ0) is 5.98. The van der Waals surface area contributed by atoms with Gasteiger partial charge in [-0.25, -0.2) is 0 Å². The Hall–Kier alpha value is -0.660. The molecule has 0 fully saturated rings. The van der Waals surface area contributed by atoms with Gasteiger partial charge in [0.1, 0.15) is 5.03 Å². The Kier molecular flexibility index (Phi) is 1.42. The topological polar surface area (TPSA) is 27.1 Å². The minimum atomic E-state index is 0.852. The Balaban J connectivity index is 2.79. The van der Waals surface area contributed by atoms with Crippen molar-refractivity contribution in [2.45, 2.75) is 0 Å². The number of thioether (sulfide) groups is 1. The van der Waals surface area contributed by atoms with Gasteiger partial charge in [-0.2, -0.15) is 0 Å². The molecule has 1 aliphatic heterocycles. The fourth-order valence-corrected chi connectivity index (χ4v) is 1.11. The fourth-order valence-electron chi connectivity index (χ4n) is 0.455. The first-order chi connectivity index (χ1) is 3.84. The molecule has 1 N–H and O–H groups in total. The van der Waals surface area contributed by atoms with Gasteiger partial charge in [-0.15, -0.1) is 0 Å². The molecule has 1 heterocycles. The molecule has 0 atom stereocenters. The summed E-state index contributed by atoms with van der Waals surface area (Å²) in [6.45, 7) is 0. The van der Waals surface area contributed by atoms with Crippen molar-refractivity contribution < 1.29 is 0 Å². The van der Waals surface area contributed by atoms with E-state index in [1.54, 1.807) is 0 Å². The number of rotatable bonds is 0. The Morgan fingerprint density at radius 3 is 2.88 bits per heavy atom. The van der Waals surface area contributed by atoms with E-state index in [2.05, 4.69) is 5.87 Å². The highest BCUT2D eigenvalue weighted by Gasteiger charge is 2.04. The van der Waals surface area contributed by atoms with Crippen molar-refractivity contribution in [1.29, 1.82) is 5.41 Å². The molecule has 2 nitrogen and oxygen atoms in total. The molecule has 0 amide bonds. The first-order valence-electron chi connectivity index (χ1n) is 2.20. The average Bonchev–Trinajstić information content (AvgIpc) is 2.14. The third-order valence-corrected chi connectivity index (χ3v) is 1.76. The van der Waals surface area contributed by atoms with Gasteiger partial charge in [0.25, 0.3) is 0 Å². The second-order valence-corrected chi connectivity index (χ2v) is 2.34. The summed E-state index contributed by atoms with van der Waals surface area (Å²) in [4.78, 5) is 1.86. The van der Waals surface area contributed by atoms with Gasteiger partial charge in [0.05, 0.1) is 0 Å². The van der Waals surface area contributed by atoms with Gasteiger partial charge >= 0.3 is 0 Å². The van der Waals surface area contributed by atoms with Gasteiger partial charge in [-0.3, -0.25) is 5.41 Å². The van der Waals surface area contributed by atoms with Gasteiger partial charge < -0.3 is 4.90 Å². The van der Waals surface area contributed by atoms with Crippen LogP contribution in [0.5, 0.6) is 0 Å². The summed E-state index contributed by atoms with van der Waals surface area (Å²) in [5.41, 5.74) is 0. The summed E-state index contributed by atoms with van der Waals surface area (Å²) in [5.74, 6) is 2.31. The summed E-state index contributed by atoms with van der Waals surface area (Å²) in [7, 11) is 1.90. The zero-order valence-corrected chi connectivity index (χ0v) is 5.33. The molecule has 8 heavy (non-hydrogen) atoms. The predicted octanol–water partition coefficient (Wildman–Crippen LogP) is 1.23. The van der Waals surface area contributed by atoms with E-state index < -0.39 is 0 Å². The van der Waals surface area contributed by atoms with Crippen molar-refractivity contribution in [2.24, 2.45) is 0 Å². The molecule has 0 aromatic heterocycles. The monoisotopic (exact) mass is 126 g/mol. The third-order valence-electron chi connectivity index (χ3n) is 0.891. The molecule has 0 radical (unpaired) electrons. The molecule has 0 saturated heterocycles. The van der Waals surface area contributed by atoms with Crippen LogP contribution in [0, 0.1) is 5.41 Å². The van der Waals surface area contributed by atoms with E-state index in [4.69, 9.17) is 5.41 Å². The molecule has 42 valence electrons. The van der Waals surface area contributed by atoms with Crippen molar-refractivity contribution in [3.63, 3.8) is 0 Å². The van der Waals surface area contributed by atoms with E-state index in [1.807, 2.05) is 23.6 Å². The van der Waals surface area contributed by atoms with Crippen LogP contribution in [0.2, 0.25) is 0 Å². The molecule has 0 saturated carbocycles. The van der Waals surface area contributed by atoms with Crippen molar-refractivity contribution in [2.75, 3.05) is 7.05 Å². The standard InChI is InChI=1S/C5H6N2S/c1-7-2-3-8-5(7)4-6/h2-3,6H,1H3. The summed E-state index contributed by atoms with van der Waals surface area (Å²) in [5, 5.41) is 9.52. The number of nitrogens with one attached hydrogen (secondary N) is 1. The second-order valence-electron chi connectivity index (χ2n) is 1.44. The predicted molar refractivity (Wildman–Crippen MR) is 35.7 cm³/mol. The van der Waals surface area contributed by atoms with Crippen molar-refractivity contribution in [3.05, 3.63) is 16.6 Å². The highest BCUT2D eigenvalue weighted by molar-refractivity contribution is 8.06. The Bertz CT molecular complexity index is 167. The van der Waals surface area contributed by atoms with Gasteiger partial charge in [-0.1, -0.05) is 11.8 Å². The Labute approximate surface area is 52.4 Å². The van der Waals surface area contributed by atoms with Crippen LogP contribution in [-0.2, 0) is 0 Å². The minimum Gasteiger partial charge on any atom is -0.337 e. The maximum absolute atomic E-state index is 6.74. The molecule has 0 unspecified atom stereocenters. The van der Waals surface area contributed by atoms with Crippen LogP contribution in [0.15, 0.2) is 16.6 Å². The van der Waals surface area contributed by atoms with Crippen LogP contribution in [0.4, 0.5) is 0 Å². The van der Waals surface area contributed by atoms with Gasteiger partial charge in [0.15, 0.2) is 0 Å². The summed E-state index contributed by atoms with van der Waals surface area (Å²) >= 11 is 1.51. The van der Waals surface area contributed by atoms with E-state index in [0.29, 0.717) is 0 Å². The lowest BCUT2D eigenvalue weighted by Crippen LogP contribution is -2.02.